The summed E-state index contributed by atoms with van der Waals surface area (Å²) in [5.41, 5.74) is 6.82. The van der Waals surface area contributed by atoms with Gasteiger partial charge in [-0.1, -0.05) is 63.2 Å². The second kappa shape index (κ2) is 9.99. The Bertz CT molecular complexity index is 1260. The number of carbonyl (C=O) groups is 1. The molecule has 1 heterocycles. The number of hydrogen-bond acceptors (Lipinski definition) is 5. The van der Waals surface area contributed by atoms with Crippen LogP contribution in [0.5, 0.6) is 5.75 Å². The molecule has 0 saturated carbocycles. The van der Waals surface area contributed by atoms with Crippen LogP contribution in [0.25, 0.3) is 0 Å². The molecule has 1 unspecified atom stereocenters. The molecule has 8 heteroatoms. The maximum absolute atomic E-state index is 13.3. The number of rotatable bonds is 7. The van der Waals surface area contributed by atoms with E-state index in [0.29, 0.717) is 5.75 Å². The van der Waals surface area contributed by atoms with E-state index in [1.54, 1.807) is 13.8 Å². The summed E-state index contributed by atoms with van der Waals surface area (Å²) >= 11 is 0. The maximum Gasteiger partial charge on any atom is 0.330 e. The first kappa shape index (κ1) is 24.8. The van der Waals surface area contributed by atoms with Crippen molar-refractivity contribution in [3.8, 4) is 5.75 Å². The number of aromatic nitrogens is 2. The van der Waals surface area contributed by atoms with Gasteiger partial charge >= 0.3 is 5.69 Å². The van der Waals surface area contributed by atoms with Gasteiger partial charge in [0.05, 0.1) is 6.54 Å². The SMILES string of the molecule is CCN(C(=O)C(C)Oc1ccc(C(C)(C)C)cc1)c1c(N)n(Cc2ccccc2)c(=O)[nH]c1=O. The largest absolute Gasteiger partial charge is 0.481 e. The molecule has 1 atom stereocenters. The molecule has 1 aromatic heterocycles. The third-order valence-electron chi connectivity index (χ3n) is 5.63. The van der Waals surface area contributed by atoms with Gasteiger partial charge in [0, 0.05) is 6.54 Å². The molecule has 0 aliphatic rings. The molecule has 0 saturated heterocycles. The third-order valence-corrected chi connectivity index (χ3v) is 5.63. The predicted molar refractivity (Wildman–Crippen MR) is 135 cm³/mol. The van der Waals surface area contributed by atoms with E-state index in [0.717, 1.165) is 11.1 Å². The minimum absolute atomic E-state index is 0.000376. The standard InChI is InChI=1S/C26H32N4O4/c1-6-29(24(32)17(2)34-20-14-12-19(13-15-20)26(3,4)5)21-22(27)30(25(33)28-23(21)31)16-18-10-8-7-9-11-18/h7-15,17H,6,16,27H2,1-5H3,(H,28,31,33). The Hall–Kier alpha value is -3.81. The number of nitrogens with one attached hydrogen (secondary N) is 1. The molecule has 0 spiro atoms. The van der Waals surface area contributed by atoms with Crippen molar-refractivity contribution in [2.75, 3.05) is 17.2 Å². The summed E-state index contributed by atoms with van der Waals surface area (Å²) in [5, 5.41) is 0. The first-order valence-electron chi connectivity index (χ1n) is 11.3. The first-order valence-corrected chi connectivity index (χ1v) is 11.3. The average Bonchev–Trinajstić information content (AvgIpc) is 2.79. The molecule has 34 heavy (non-hydrogen) atoms. The van der Waals surface area contributed by atoms with Crippen molar-refractivity contribution in [2.45, 2.75) is 52.7 Å². The summed E-state index contributed by atoms with van der Waals surface area (Å²) in [6.45, 7) is 10.0. The molecule has 2 aromatic carbocycles. The second-order valence-electron chi connectivity index (χ2n) is 9.18. The van der Waals surface area contributed by atoms with E-state index < -0.39 is 23.3 Å². The number of amides is 1. The topological polar surface area (TPSA) is 110 Å². The second-order valence-corrected chi connectivity index (χ2v) is 9.18. The predicted octanol–water partition coefficient (Wildman–Crippen LogP) is 3.29. The van der Waals surface area contributed by atoms with Crippen LogP contribution in [0.4, 0.5) is 11.5 Å². The Morgan fingerprint density at radius 3 is 2.26 bits per heavy atom. The Labute approximate surface area is 199 Å². The zero-order valence-corrected chi connectivity index (χ0v) is 20.3. The fraction of sp³-hybridized carbons (Fsp3) is 0.346. The molecule has 0 radical (unpaired) electrons. The number of nitrogen functional groups attached to an aromatic ring is 1. The van der Waals surface area contributed by atoms with Gasteiger partial charge in [0.15, 0.2) is 11.8 Å². The van der Waals surface area contributed by atoms with Gasteiger partial charge in [-0.2, -0.15) is 0 Å². The normalized spacial score (nSPS) is 12.3. The fourth-order valence-electron chi connectivity index (χ4n) is 3.69. The number of H-pyrrole nitrogens is 1. The summed E-state index contributed by atoms with van der Waals surface area (Å²) in [5.74, 6) is 0.0277. The Balaban J connectivity index is 1.89. The van der Waals surface area contributed by atoms with Gasteiger partial charge in [-0.25, -0.2) is 4.79 Å². The van der Waals surface area contributed by atoms with Crippen LogP contribution in [0.3, 0.4) is 0 Å². The number of ether oxygens (including phenoxy) is 1. The van der Waals surface area contributed by atoms with Gasteiger partial charge < -0.3 is 15.4 Å². The van der Waals surface area contributed by atoms with Crippen molar-refractivity contribution in [2.24, 2.45) is 0 Å². The average molecular weight is 465 g/mol. The van der Waals surface area contributed by atoms with E-state index in [-0.39, 0.29) is 30.0 Å². The van der Waals surface area contributed by atoms with Crippen molar-refractivity contribution in [1.82, 2.24) is 9.55 Å². The first-order chi connectivity index (χ1) is 16.0. The number of nitrogens with zero attached hydrogens (tertiary/aromatic N) is 2. The zero-order chi connectivity index (χ0) is 25.0. The molecule has 180 valence electrons. The van der Waals surface area contributed by atoms with Crippen LogP contribution < -0.4 is 26.6 Å². The molecule has 3 N–H and O–H groups in total. The van der Waals surface area contributed by atoms with E-state index in [1.807, 2.05) is 54.6 Å². The van der Waals surface area contributed by atoms with Crippen LogP contribution in [0, 0.1) is 0 Å². The number of hydrogen-bond donors (Lipinski definition) is 2. The summed E-state index contributed by atoms with van der Waals surface area (Å²) in [6.07, 6.45) is -0.881. The van der Waals surface area contributed by atoms with Crippen LogP contribution in [0.1, 0.15) is 45.7 Å². The van der Waals surface area contributed by atoms with Crippen LogP contribution in [0.2, 0.25) is 0 Å². The monoisotopic (exact) mass is 464 g/mol. The number of carbonyl (C=O) groups excluding carboxylic acids is 1. The molecule has 0 bridgehead atoms. The fourth-order valence-corrected chi connectivity index (χ4v) is 3.69. The van der Waals surface area contributed by atoms with Crippen molar-refractivity contribution in [3.05, 3.63) is 86.6 Å². The van der Waals surface area contributed by atoms with Crippen LogP contribution >= 0.6 is 0 Å². The molecule has 0 fully saturated rings. The lowest BCUT2D eigenvalue weighted by Crippen LogP contribution is -2.45. The summed E-state index contributed by atoms with van der Waals surface area (Å²) < 4.78 is 7.11. The lowest BCUT2D eigenvalue weighted by Gasteiger charge is -2.26. The van der Waals surface area contributed by atoms with E-state index in [1.165, 1.54) is 9.47 Å². The van der Waals surface area contributed by atoms with Gasteiger partial charge in [0.1, 0.15) is 11.6 Å². The summed E-state index contributed by atoms with van der Waals surface area (Å²) in [6, 6.07) is 16.8. The molecule has 0 aliphatic heterocycles. The van der Waals surface area contributed by atoms with E-state index in [9.17, 15) is 14.4 Å². The van der Waals surface area contributed by atoms with Crippen molar-refractivity contribution in [1.29, 1.82) is 0 Å². The highest BCUT2D eigenvalue weighted by Gasteiger charge is 2.28. The van der Waals surface area contributed by atoms with E-state index >= 15 is 0 Å². The molecular formula is C26H32N4O4. The molecular weight excluding hydrogens is 432 g/mol. The van der Waals surface area contributed by atoms with Gasteiger partial charge in [-0.3, -0.25) is 19.1 Å². The Morgan fingerprint density at radius 2 is 1.71 bits per heavy atom. The molecule has 1 amide bonds. The van der Waals surface area contributed by atoms with Crippen LogP contribution in [-0.4, -0.2) is 28.1 Å². The molecule has 0 aliphatic carbocycles. The highest BCUT2D eigenvalue weighted by atomic mass is 16.5. The van der Waals surface area contributed by atoms with Crippen LogP contribution in [-0.2, 0) is 16.8 Å². The molecule has 8 nitrogen and oxygen atoms in total. The Kier molecular flexibility index (Phi) is 7.29. The zero-order valence-electron chi connectivity index (χ0n) is 20.3. The van der Waals surface area contributed by atoms with Crippen LogP contribution in [0.15, 0.2) is 64.2 Å². The van der Waals surface area contributed by atoms with Crippen molar-refractivity contribution in [3.63, 3.8) is 0 Å². The number of likely N-dealkylation sites (N-methyl/N-ethyl adjacent to an activating group) is 1. The number of anilines is 2. The minimum atomic E-state index is -0.881. The van der Waals surface area contributed by atoms with Gasteiger partial charge in [0.25, 0.3) is 11.5 Å². The van der Waals surface area contributed by atoms with Crippen molar-refractivity contribution < 1.29 is 9.53 Å². The smallest absolute Gasteiger partial charge is 0.330 e. The van der Waals surface area contributed by atoms with E-state index in [2.05, 4.69) is 25.8 Å². The third kappa shape index (κ3) is 5.39. The summed E-state index contributed by atoms with van der Waals surface area (Å²) in [4.78, 5) is 42.0. The number of aromatic amines is 1. The minimum Gasteiger partial charge on any atom is -0.481 e. The lowest BCUT2D eigenvalue weighted by molar-refractivity contribution is -0.124. The molecule has 3 aromatic rings. The van der Waals surface area contributed by atoms with Gasteiger partial charge in [-0.15, -0.1) is 0 Å². The highest BCUT2D eigenvalue weighted by molar-refractivity contribution is 5.98. The highest BCUT2D eigenvalue weighted by Crippen LogP contribution is 2.25. The molecule has 3 rings (SSSR count). The maximum atomic E-state index is 13.3. The van der Waals surface area contributed by atoms with Gasteiger partial charge in [0.2, 0.25) is 0 Å². The quantitative estimate of drug-likeness (QED) is 0.558. The Morgan fingerprint density at radius 1 is 1.09 bits per heavy atom. The number of benzene rings is 2. The number of nitrogens with two attached hydrogens (primary N) is 1. The summed E-state index contributed by atoms with van der Waals surface area (Å²) in [7, 11) is 0. The van der Waals surface area contributed by atoms with Gasteiger partial charge in [-0.05, 0) is 42.5 Å². The van der Waals surface area contributed by atoms with Crippen molar-refractivity contribution >= 4 is 17.4 Å². The van der Waals surface area contributed by atoms with E-state index in [4.69, 9.17) is 10.5 Å². The lowest BCUT2D eigenvalue weighted by atomic mass is 9.87.